The van der Waals surface area contributed by atoms with Gasteiger partial charge in [-0.3, -0.25) is 10.1 Å². The van der Waals surface area contributed by atoms with Crippen LogP contribution >= 0.6 is 0 Å². The van der Waals surface area contributed by atoms with Crippen molar-refractivity contribution < 1.29 is 10.0 Å². The molecule has 1 aromatic carbocycles. The zero-order valence-electron chi connectivity index (χ0n) is 13.6. The Bertz CT molecular complexity index is 499. The van der Waals surface area contributed by atoms with Crippen molar-refractivity contribution in [2.24, 2.45) is 0 Å². The van der Waals surface area contributed by atoms with Crippen molar-refractivity contribution in [2.45, 2.75) is 47.1 Å². The Morgan fingerprint density at radius 2 is 1.95 bits per heavy atom. The van der Waals surface area contributed by atoms with Crippen LogP contribution in [0.15, 0.2) is 24.3 Å². The van der Waals surface area contributed by atoms with Gasteiger partial charge in [0.15, 0.2) is 5.75 Å². The number of hydrogen-bond donors (Lipinski definition) is 2. The lowest BCUT2D eigenvalue weighted by Crippen LogP contribution is -2.30. The van der Waals surface area contributed by atoms with Crippen LogP contribution in [0.2, 0.25) is 0 Å². The minimum atomic E-state index is -0.570. The molecule has 2 rings (SSSR count). The Kier molecular flexibility index (Phi) is 8.31. The first kappa shape index (κ1) is 19.1. The zero-order chi connectivity index (χ0) is 16.6. The van der Waals surface area contributed by atoms with Gasteiger partial charge in [0.2, 0.25) is 0 Å². The Morgan fingerprint density at radius 3 is 2.43 bits per heavy atom. The second-order valence-electron chi connectivity index (χ2n) is 4.28. The van der Waals surface area contributed by atoms with E-state index in [0.29, 0.717) is 0 Å². The summed E-state index contributed by atoms with van der Waals surface area (Å²) in [5.74, 6) is -0.267. The summed E-state index contributed by atoms with van der Waals surface area (Å²) in [6, 6.07) is 2.86. The molecule has 5 nitrogen and oxygen atoms in total. The summed E-state index contributed by atoms with van der Waals surface area (Å²) >= 11 is 0. The van der Waals surface area contributed by atoms with Crippen LogP contribution in [0.1, 0.15) is 51.8 Å². The van der Waals surface area contributed by atoms with Gasteiger partial charge in [-0.25, -0.2) is 0 Å². The number of benzene rings is 1. The predicted octanol–water partition coefficient (Wildman–Crippen LogP) is 4.12. The quantitative estimate of drug-likeness (QED) is 0.489. The predicted molar refractivity (Wildman–Crippen MR) is 86.7 cm³/mol. The Morgan fingerprint density at radius 1 is 1.38 bits per heavy atom. The number of nitrogens with one attached hydrogen (secondary N) is 1. The summed E-state index contributed by atoms with van der Waals surface area (Å²) < 4.78 is 0. The summed E-state index contributed by atoms with van der Waals surface area (Å²) in [6.45, 7) is 14.5. The molecule has 1 aliphatic heterocycles. The molecule has 1 heterocycles. The number of nitro groups is 1. The van der Waals surface area contributed by atoms with Gasteiger partial charge in [0, 0.05) is 12.6 Å². The molecule has 0 aliphatic carbocycles. The van der Waals surface area contributed by atoms with Gasteiger partial charge in [-0.15, -0.1) is 0 Å². The highest BCUT2D eigenvalue weighted by atomic mass is 16.6. The van der Waals surface area contributed by atoms with E-state index in [0.717, 1.165) is 29.7 Å². The third kappa shape index (κ3) is 4.56. The number of rotatable bonds is 2. The van der Waals surface area contributed by atoms with E-state index in [2.05, 4.69) is 11.9 Å². The van der Waals surface area contributed by atoms with Crippen LogP contribution in [0.5, 0.6) is 5.75 Å². The number of phenols is 1. The molecule has 21 heavy (non-hydrogen) atoms. The van der Waals surface area contributed by atoms with Gasteiger partial charge in [-0.2, -0.15) is 0 Å². The largest absolute Gasteiger partial charge is 0.502 e. The SMILES string of the molecule is C=C(C)C1NCCc2cc(O)c([N+](=O)[O-])cc21.CC.CC. The molecule has 0 aromatic heterocycles. The maximum absolute atomic E-state index is 10.8. The molecular weight excluding hydrogens is 268 g/mol. The second-order valence-corrected chi connectivity index (χ2v) is 4.28. The third-order valence-corrected chi connectivity index (χ3v) is 2.98. The van der Waals surface area contributed by atoms with E-state index < -0.39 is 4.92 Å². The fourth-order valence-corrected chi connectivity index (χ4v) is 2.17. The van der Waals surface area contributed by atoms with E-state index in [1.165, 1.54) is 12.1 Å². The lowest BCUT2D eigenvalue weighted by molar-refractivity contribution is -0.386. The third-order valence-electron chi connectivity index (χ3n) is 2.98. The van der Waals surface area contributed by atoms with Crippen LogP contribution < -0.4 is 5.32 Å². The van der Waals surface area contributed by atoms with E-state index in [1.807, 2.05) is 34.6 Å². The molecule has 118 valence electrons. The van der Waals surface area contributed by atoms with Crippen LogP contribution in [-0.4, -0.2) is 16.6 Å². The van der Waals surface area contributed by atoms with Crippen LogP contribution in [-0.2, 0) is 6.42 Å². The Balaban J connectivity index is 0.000000921. The molecule has 1 atom stereocenters. The highest BCUT2D eigenvalue weighted by molar-refractivity contribution is 5.54. The van der Waals surface area contributed by atoms with E-state index in [4.69, 9.17) is 0 Å². The van der Waals surface area contributed by atoms with Crippen molar-refractivity contribution in [1.82, 2.24) is 5.32 Å². The molecular formula is C16H26N2O3. The smallest absolute Gasteiger partial charge is 0.311 e. The highest BCUT2D eigenvalue weighted by Gasteiger charge is 2.25. The van der Waals surface area contributed by atoms with Crippen molar-refractivity contribution >= 4 is 5.69 Å². The lowest BCUT2D eigenvalue weighted by Gasteiger charge is -2.27. The maximum atomic E-state index is 10.8. The number of aromatic hydroxyl groups is 1. The van der Waals surface area contributed by atoms with Crippen molar-refractivity contribution in [1.29, 1.82) is 0 Å². The average Bonchev–Trinajstić information content (AvgIpc) is 2.49. The van der Waals surface area contributed by atoms with Crippen molar-refractivity contribution in [3.63, 3.8) is 0 Å². The van der Waals surface area contributed by atoms with Gasteiger partial charge in [-0.1, -0.05) is 39.8 Å². The van der Waals surface area contributed by atoms with Gasteiger partial charge in [0.1, 0.15) is 0 Å². The summed E-state index contributed by atoms with van der Waals surface area (Å²) in [6.07, 6.45) is 0.755. The van der Waals surface area contributed by atoms with Crippen LogP contribution in [0, 0.1) is 10.1 Å². The molecule has 0 bridgehead atoms. The number of nitrogens with zero attached hydrogens (tertiary/aromatic N) is 1. The van der Waals surface area contributed by atoms with Crippen LogP contribution in [0.25, 0.3) is 0 Å². The molecule has 2 N–H and O–H groups in total. The van der Waals surface area contributed by atoms with Gasteiger partial charge >= 0.3 is 5.69 Å². The van der Waals surface area contributed by atoms with E-state index in [9.17, 15) is 15.2 Å². The van der Waals surface area contributed by atoms with Crippen molar-refractivity contribution in [3.8, 4) is 5.75 Å². The second kappa shape index (κ2) is 9.13. The molecule has 0 fully saturated rings. The summed E-state index contributed by atoms with van der Waals surface area (Å²) in [5, 5.41) is 23.6. The molecule has 5 heteroatoms. The number of phenolic OH excluding ortho intramolecular Hbond substituents is 1. The van der Waals surface area contributed by atoms with Gasteiger partial charge in [-0.05, 0) is 30.5 Å². The normalized spacial score (nSPS) is 15.6. The molecule has 1 aromatic rings. The van der Waals surface area contributed by atoms with E-state index >= 15 is 0 Å². The number of fused-ring (bicyclic) bond motifs is 1. The molecule has 1 unspecified atom stereocenters. The molecule has 0 amide bonds. The minimum absolute atomic E-state index is 0.0713. The van der Waals surface area contributed by atoms with Crippen LogP contribution in [0.4, 0.5) is 5.69 Å². The molecule has 0 radical (unpaired) electrons. The first-order valence-corrected chi connectivity index (χ1v) is 7.39. The monoisotopic (exact) mass is 294 g/mol. The fourth-order valence-electron chi connectivity index (χ4n) is 2.17. The summed E-state index contributed by atoms with van der Waals surface area (Å²) in [7, 11) is 0. The van der Waals surface area contributed by atoms with Crippen molar-refractivity contribution in [2.75, 3.05) is 6.54 Å². The van der Waals surface area contributed by atoms with Crippen LogP contribution in [0.3, 0.4) is 0 Å². The summed E-state index contributed by atoms with van der Waals surface area (Å²) in [4.78, 5) is 10.2. The summed E-state index contributed by atoms with van der Waals surface area (Å²) in [5.41, 5.74) is 2.44. The average molecular weight is 294 g/mol. The first-order valence-electron chi connectivity index (χ1n) is 7.39. The maximum Gasteiger partial charge on any atom is 0.311 e. The first-order chi connectivity index (χ1) is 10.0. The standard InChI is InChI=1S/C12H14N2O3.2C2H6/c1-7(2)12-9-6-10(14(16)17)11(15)5-8(9)3-4-13-12;2*1-2/h5-6,12-13,15H,1,3-4H2,2H3;2*1-2H3. The molecule has 0 saturated heterocycles. The Labute approximate surface area is 126 Å². The van der Waals surface area contributed by atoms with Crippen molar-refractivity contribution in [3.05, 3.63) is 45.5 Å². The topological polar surface area (TPSA) is 75.4 Å². The minimum Gasteiger partial charge on any atom is -0.502 e. The zero-order valence-corrected chi connectivity index (χ0v) is 13.6. The number of nitro benzene ring substituents is 1. The van der Waals surface area contributed by atoms with Gasteiger partial charge in [0.25, 0.3) is 0 Å². The molecule has 1 aliphatic rings. The highest BCUT2D eigenvalue weighted by Crippen LogP contribution is 2.36. The number of hydrogen-bond acceptors (Lipinski definition) is 4. The van der Waals surface area contributed by atoms with E-state index in [-0.39, 0.29) is 17.5 Å². The van der Waals surface area contributed by atoms with E-state index in [1.54, 1.807) is 0 Å². The lowest BCUT2D eigenvalue weighted by atomic mass is 9.90. The van der Waals surface area contributed by atoms with Gasteiger partial charge in [0.05, 0.1) is 11.0 Å². The fraction of sp³-hybridized carbons (Fsp3) is 0.500. The molecule has 0 spiro atoms. The van der Waals surface area contributed by atoms with Gasteiger partial charge < -0.3 is 10.4 Å². The Hall–Kier alpha value is -1.88. The molecule has 0 saturated carbocycles.